The van der Waals surface area contributed by atoms with Gasteiger partial charge in [-0.25, -0.2) is 9.97 Å². The fraction of sp³-hybridized carbons (Fsp3) is 0.269. The van der Waals surface area contributed by atoms with Crippen molar-refractivity contribution in [2.45, 2.75) is 46.8 Å². The van der Waals surface area contributed by atoms with Gasteiger partial charge < -0.3 is 9.84 Å². The van der Waals surface area contributed by atoms with Crippen molar-refractivity contribution in [3.63, 3.8) is 0 Å². The van der Waals surface area contributed by atoms with E-state index in [1.54, 1.807) is 6.92 Å². The number of ether oxygens (including phenoxy) is 1. The maximum absolute atomic E-state index is 11.0. The zero-order valence-corrected chi connectivity index (χ0v) is 22.4. The normalized spacial score (nSPS) is 12.7. The number of esters is 1. The Kier molecular flexibility index (Phi) is 8.21. The van der Waals surface area contributed by atoms with Gasteiger partial charge in [0, 0.05) is 26.6 Å². The van der Waals surface area contributed by atoms with E-state index >= 15 is 0 Å². The molecule has 2 aromatic heterocycles. The van der Waals surface area contributed by atoms with Crippen LogP contribution in [0.25, 0.3) is 21.8 Å². The van der Waals surface area contributed by atoms with Crippen molar-refractivity contribution in [3.8, 4) is 0 Å². The Morgan fingerprint density at radius 2 is 1.30 bits per heavy atom. The number of nitrogens with zero attached hydrogens (tertiary/aromatic N) is 2. The molecule has 0 aliphatic rings. The molecule has 0 saturated carbocycles. The highest BCUT2D eigenvalue weighted by molar-refractivity contribution is 9.10. The summed E-state index contributed by atoms with van der Waals surface area (Å²) in [6.07, 6.45) is -0.848. The number of aliphatic hydroxyl groups is 1. The molecule has 0 bridgehead atoms. The lowest BCUT2D eigenvalue weighted by atomic mass is 10.1. The Morgan fingerprint density at radius 3 is 1.76 bits per heavy atom. The van der Waals surface area contributed by atoms with E-state index in [0.717, 1.165) is 53.3 Å². The molecule has 4 rings (SSSR count). The van der Waals surface area contributed by atoms with E-state index in [0.29, 0.717) is 0 Å². The first kappa shape index (κ1) is 25.3. The first-order valence-electron chi connectivity index (χ1n) is 10.5. The number of aryl methyl sites for hydroxylation is 2. The molecule has 0 amide bonds. The van der Waals surface area contributed by atoms with Gasteiger partial charge in [-0.3, -0.25) is 4.79 Å². The van der Waals surface area contributed by atoms with Crippen molar-refractivity contribution in [1.29, 1.82) is 0 Å². The molecule has 33 heavy (non-hydrogen) atoms. The Labute approximate surface area is 210 Å². The second kappa shape index (κ2) is 10.7. The number of rotatable bonds is 3. The molecule has 172 valence electrons. The van der Waals surface area contributed by atoms with Crippen LogP contribution in [0.15, 0.2) is 57.5 Å². The van der Waals surface area contributed by atoms with Crippen molar-refractivity contribution < 1.29 is 14.6 Å². The van der Waals surface area contributed by atoms with Gasteiger partial charge in [-0.1, -0.05) is 44.0 Å². The van der Waals surface area contributed by atoms with Gasteiger partial charge in [-0.2, -0.15) is 0 Å². The third-order valence-electron chi connectivity index (χ3n) is 5.14. The van der Waals surface area contributed by atoms with Gasteiger partial charge in [-0.05, 0) is 75.2 Å². The molecule has 0 aliphatic heterocycles. The summed E-state index contributed by atoms with van der Waals surface area (Å²) in [5.74, 6) is -0.293. The van der Waals surface area contributed by atoms with Crippen LogP contribution in [-0.4, -0.2) is 21.0 Å². The minimum absolute atomic E-state index is 0.293. The Hall–Kier alpha value is -2.35. The minimum Gasteiger partial charge on any atom is -0.456 e. The monoisotopic (exact) mass is 572 g/mol. The molecule has 4 aromatic rings. The zero-order chi connectivity index (χ0) is 24.3. The van der Waals surface area contributed by atoms with Crippen LogP contribution < -0.4 is 0 Å². The molecule has 0 spiro atoms. The van der Waals surface area contributed by atoms with Crippen LogP contribution in [0.5, 0.6) is 0 Å². The number of fused-ring (bicyclic) bond motifs is 2. The highest BCUT2D eigenvalue weighted by Gasteiger charge is 2.14. The molecule has 0 saturated heterocycles. The lowest BCUT2D eigenvalue weighted by Gasteiger charge is -2.14. The van der Waals surface area contributed by atoms with Gasteiger partial charge in [0.1, 0.15) is 6.10 Å². The number of aliphatic hydroxyl groups excluding tert-OH is 1. The summed E-state index contributed by atoms with van der Waals surface area (Å²) in [5, 5.41) is 11.7. The quantitative estimate of drug-likeness (QED) is 0.260. The van der Waals surface area contributed by atoms with E-state index < -0.39 is 6.10 Å². The largest absolute Gasteiger partial charge is 0.456 e. The topological polar surface area (TPSA) is 72.3 Å². The molecule has 0 radical (unpaired) electrons. The summed E-state index contributed by atoms with van der Waals surface area (Å²) in [5.41, 5.74) is 5.41. The van der Waals surface area contributed by atoms with Crippen molar-refractivity contribution in [1.82, 2.24) is 9.97 Å². The van der Waals surface area contributed by atoms with E-state index in [4.69, 9.17) is 4.74 Å². The van der Waals surface area contributed by atoms with Gasteiger partial charge in [0.2, 0.25) is 0 Å². The maximum atomic E-state index is 11.0. The number of halogens is 2. The first-order chi connectivity index (χ1) is 15.5. The number of carbonyl (C=O) groups excluding carboxylic acids is 1. The van der Waals surface area contributed by atoms with E-state index in [-0.39, 0.29) is 12.1 Å². The molecule has 0 unspecified atom stereocenters. The van der Waals surface area contributed by atoms with Crippen molar-refractivity contribution in [2.75, 3.05) is 0 Å². The number of benzene rings is 2. The van der Waals surface area contributed by atoms with E-state index in [9.17, 15) is 9.90 Å². The van der Waals surface area contributed by atoms with Gasteiger partial charge in [0.25, 0.3) is 0 Å². The predicted octanol–water partition coefficient (Wildman–Crippen LogP) is 7.29. The van der Waals surface area contributed by atoms with Gasteiger partial charge in [-0.15, -0.1) is 0 Å². The van der Waals surface area contributed by atoms with E-state index in [1.807, 2.05) is 57.2 Å². The third kappa shape index (κ3) is 6.37. The van der Waals surface area contributed by atoms with Gasteiger partial charge >= 0.3 is 5.97 Å². The molecular weight excluding hydrogens is 548 g/mol. The predicted molar refractivity (Wildman–Crippen MR) is 139 cm³/mol. The Bertz CT molecular complexity index is 1320. The average Bonchev–Trinajstić information content (AvgIpc) is 2.73. The fourth-order valence-corrected chi connectivity index (χ4v) is 4.36. The second-order valence-electron chi connectivity index (χ2n) is 7.98. The highest BCUT2D eigenvalue weighted by atomic mass is 79.9. The maximum Gasteiger partial charge on any atom is 0.303 e. The molecule has 2 heterocycles. The van der Waals surface area contributed by atoms with Crippen LogP contribution in [0.1, 0.15) is 55.5 Å². The third-order valence-corrected chi connectivity index (χ3v) is 6.13. The number of carbonyl (C=O) groups is 1. The molecule has 0 aliphatic carbocycles. The van der Waals surface area contributed by atoms with Crippen LogP contribution in [0.4, 0.5) is 0 Å². The first-order valence-corrected chi connectivity index (χ1v) is 12.1. The molecule has 7 heteroatoms. The summed E-state index contributed by atoms with van der Waals surface area (Å²) < 4.78 is 7.17. The highest BCUT2D eigenvalue weighted by Crippen LogP contribution is 2.26. The molecule has 2 aromatic carbocycles. The van der Waals surface area contributed by atoms with Crippen LogP contribution in [0, 0.1) is 13.8 Å². The van der Waals surface area contributed by atoms with Crippen LogP contribution >= 0.6 is 31.9 Å². The lowest BCUT2D eigenvalue weighted by molar-refractivity contribution is -0.146. The number of aromatic nitrogens is 2. The summed E-state index contributed by atoms with van der Waals surface area (Å²) in [4.78, 5) is 20.0. The molecule has 2 atom stereocenters. The second-order valence-corrected chi connectivity index (χ2v) is 9.81. The zero-order valence-electron chi connectivity index (χ0n) is 19.2. The fourth-order valence-electron chi connectivity index (χ4n) is 3.66. The number of hydrogen-bond donors (Lipinski definition) is 1. The smallest absolute Gasteiger partial charge is 0.303 e. The SMILES string of the molecule is CC(=O)O[C@H](C)c1nc2cc(Br)ccc2cc1C.Cc1cc2ccc(Br)cc2nc1[C@@H](C)O. The van der Waals surface area contributed by atoms with Crippen LogP contribution in [0.2, 0.25) is 0 Å². The molecule has 0 fully saturated rings. The van der Waals surface area contributed by atoms with E-state index in [2.05, 4.69) is 54.0 Å². The van der Waals surface area contributed by atoms with Crippen LogP contribution in [0.3, 0.4) is 0 Å². The summed E-state index contributed by atoms with van der Waals surface area (Å²) in [6, 6.07) is 16.0. The van der Waals surface area contributed by atoms with Crippen molar-refractivity contribution in [3.05, 3.63) is 80.0 Å². The summed E-state index contributed by atoms with van der Waals surface area (Å²) in [7, 11) is 0. The standard InChI is InChI=1S/C14H14BrNO2.C12H12BrNO/c1-8-6-11-4-5-12(15)7-13(11)16-14(8)9(2)18-10(3)17;1-7-5-9-3-4-10(13)6-11(9)14-12(7)8(2)15/h4-7,9H,1-3H3;3-6,8,15H,1-2H3/t9-;8-/m11/s1. The minimum atomic E-state index is -0.520. The van der Waals surface area contributed by atoms with Crippen molar-refractivity contribution in [2.24, 2.45) is 0 Å². The summed E-state index contributed by atoms with van der Waals surface area (Å²) >= 11 is 6.84. The van der Waals surface area contributed by atoms with Crippen LogP contribution in [-0.2, 0) is 9.53 Å². The van der Waals surface area contributed by atoms with Gasteiger partial charge in [0.05, 0.1) is 28.5 Å². The molecular formula is C26H26Br2N2O3. The number of hydrogen-bond acceptors (Lipinski definition) is 5. The lowest BCUT2D eigenvalue weighted by Crippen LogP contribution is -2.08. The van der Waals surface area contributed by atoms with Gasteiger partial charge in [0.15, 0.2) is 0 Å². The van der Waals surface area contributed by atoms with E-state index in [1.165, 1.54) is 6.92 Å². The molecule has 5 nitrogen and oxygen atoms in total. The number of pyridine rings is 2. The Balaban J connectivity index is 0.000000189. The summed E-state index contributed by atoms with van der Waals surface area (Å²) in [6.45, 7) is 8.92. The van der Waals surface area contributed by atoms with Crippen molar-refractivity contribution >= 4 is 59.6 Å². The Morgan fingerprint density at radius 1 is 0.848 bits per heavy atom. The average molecular weight is 574 g/mol. The molecule has 1 N–H and O–H groups in total.